The van der Waals surface area contributed by atoms with E-state index in [1.807, 2.05) is 28.6 Å². The van der Waals surface area contributed by atoms with Crippen molar-refractivity contribution in [2.45, 2.75) is 20.4 Å². The first kappa shape index (κ1) is 18.4. The molecule has 0 N–H and O–H groups in total. The van der Waals surface area contributed by atoms with Gasteiger partial charge in [-0.05, 0) is 12.5 Å². The van der Waals surface area contributed by atoms with E-state index in [-0.39, 0.29) is 5.91 Å². The Balaban J connectivity index is 1.47. The third kappa shape index (κ3) is 3.71. The van der Waals surface area contributed by atoms with E-state index >= 15 is 0 Å². The number of aromatic nitrogens is 3. The zero-order valence-electron chi connectivity index (χ0n) is 16.3. The maximum Gasteiger partial charge on any atom is 0.258 e. The minimum Gasteiger partial charge on any atom is -0.475 e. The van der Waals surface area contributed by atoms with E-state index in [9.17, 15) is 4.79 Å². The molecule has 7 nitrogen and oxygen atoms in total. The second-order valence-electron chi connectivity index (χ2n) is 6.98. The van der Waals surface area contributed by atoms with E-state index in [1.165, 1.54) is 5.56 Å². The van der Waals surface area contributed by atoms with Gasteiger partial charge in [0, 0.05) is 57.6 Å². The van der Waals surface area contributed by atoms with Crippen LogP contribution in [0.3, 0.4) is 0 Å². The third-order valence-electron chi connectivity index (χ3n) is 5.15. The molecule has 7 heteroatoms. The van der Waals surface area contributed by atoms with E-state index in [4.69, 9.17) is 4.74 Å². The standard InChI is InChI=1S/C21H25N5O2/c1-3-28-21-20-23-14-19(26(20)9-8-22-21)18-6-4-17(5-7-18)15-24-10-12-25(13-11-24)16(2)27/h4-9,14H,3,10-13,15H2,1-2H3. The molecule has 1 aromatic carbocycles. The minimum atomic E-state index is 0.166. The summed E-state index contributed by atoms with van der Waals surface area (Å²) in [7, 11) is 0. The summed E-state index contributed by atoms with van der Waals surface area (Å²) in [5.41, 5.74) is 4.11. The average molecular weight is 379 g/mol. The van der Waals surface area contributed by atoms with E-state index in [2.05, 4.69) is 39.1 Å². The number of piperazine rings is 1. The fraction of sp³-hybridized carbons (Fsp3) is 0.381. The Morgan fingerprint density at radius 2 is 1.86 bits per heavy atom. The normalized spacial score (nSPS) is 15.1. The van der Waals surface area contributed by atoms with Gasteiger partial charge in [-0.25, -0.2) is 9.97 Å². The van der Waals surface area contributed by atoms with Crippen LogP contribution in [0.5, 0.6) is 5.88 Å². The number of rotatable bonds is 5. The first-order valence-corrected chi connectivity index (χ1v) is 9.67. The Hall–Kier alpha value is -2.93. The first-order valence-electron chi connectivity index (χ1n) is 9.67. The average Bonchev–Trinajstić information content (AvgIpc) is 3.14. The van der Waals surface area contributed by atoms with Gasteiger partial charge in [-0.15, -0.1) is 0 Å². The molecule has 1 fully saturated rings. The zero-order chi connectivity index (χ0) is 19.5. The van der Waals surface area contributed by atoms with Gasteiger partial charge in [-0.1, -0.05) is 24.3 Å². The summed E-state index contributed by atoms with van der Waals surface area (Å²) in [6.07, 6.45) is 5.50. The van der Waals surface area contributed by atoms with Crippen molar-refractivity contribution in [1.82, 2.24) is 24.2 Å². The van der Waals surface area contributed by atoms with Gasteiger partial charge in [0.2, 0.25) is 11.6 Å². The molecule has 0 unspecified atom stereocenters. The Morgan fingerprint density at radius 1 is 1.11 bits per heavy atom. The summed E-state index contributed by atoms with van der Waals surface area (Å²) >= 11 is 0. The monoisotopic (exact) mass is 379 g/mol. The van der Waals surface area contributed by atoms with Crippen LogP contribution >= 0.6 is 0 Å². The molecule has 1 aliphatic rings. The van der Waals surface area contributed by atoms with Gasteiger partial charge in [0.1, 0.15) is 0 Å². The van der Waals surface area contributed by atoms with Gasteiger partial charge in [0.15, 0.2) is 0 Å². The maximum absolute atomic E-state index is 11.5. The Bertz CT molecular complexity index is 959. The van der Waals surface area contributed by atoms with Crippen LogP contribution in [-0.2, 0) is 11.3 Å². The van der Waals surface area contributed by atoms with Crippen LogP contribution in [0, 0.1) is 0 Å². The number of amides is 1. The second-order valence-corrected chi connectivity index (χ2v) is 6.98. The highest BCUT2D eigenvalue weighted by molar-refractivity contribution is 5.73. The van der Waals surface area contributed by atoms with E-state index in [1.54, 1.807) is 13.1 Å². The van der Waals surface area contributed by atoms with Crippen molar-refractivity contribution in [2.75, 3.05) is 32.8 Å². The fourth-order valence-corrected chi connectivity index (χ4v) is 3.61. The maximum atomic E-state index is 11.5. The van der Waals surface area contributed by atoms with Crippen molar-refractivity contribution in [1.29, 1.82) is 0 Å². The van der Waals surface area contributed by atoms with Crippen LogP contribution in [-0.4, -0.2) is 62.9 Å². The lowest BCUT2D eigenvalue weighted by Crippen LogP contribution is -2.47. The predicted molar refractivity (Wildman–Crippen MR) is 107 cm³/mol. The second kappa shape index (κ2) is 7.98. The number of ether oxygens (including phenoxy) is 1. The number of carbonyl (C=O) groups excluding carboxylic acids is 1. The molecule has 1 aliphatic heterocycles. The molecule has 0 spiro atoms. The van der Waals surface area contributed by atoms with Gasteiger partial charge in [0.25, 0.3) is 5.88 Å². The van der Waals surface area contributed by atoms with Crippen LogP contribution in [0.25, 0.3) is 16.9 Å². The van der Waals surface area contributed by atoms with E-state index < -0.39 is 0 Å². The molecule has 3 aromatic rings. The molecule has 0 radical (unpaired) electrons. The van der Waals surface area contributed by atoms with E-state index in [0.717, 1.165) is 49.6 Å². The highest BCUT2D eigenvalue weighted by Crippen LogP contribution is 2.25. The lowest BCUT2D eigenvalue weighted by atomic mass is 10.1. The van der Waals surface area contributed by atoms with Gasteiger partial charge in [-0.2, -0.15) is 0 Å². The van der Waals surface area contributed by atoms with Crippen molar-refractivity contribution < 1.29 is 9.53 Å². The molecule has 1 amide bonds. The predicted octanol–water partition coefficient (Wildman–Crippen LogP) is 2.46. The quantitative estimate of drug-likeness (QED) is 0.681. The SMILES string of the molecule is CCOc1nccn2c(-c3ccc(CN4CCN(C(C)=O)CC4)cc3)cnc12. The third-order valence-corrected chi connectivity index (χ3v) is 5.15. The molecule has 146 valence electrons. The summed E-state index contributed by atoms with van der Waals surface area (Å²) < 4.78 is 7.58. The molecule has 0 bridgehead atoms. The number of imidazole rings is 1. The molecule has 1 saturated heterocycles. The molecular formula is C21H25N5O2. The van der Waals surface area contributed by atoms with Crippen LogP contribution in [0.15, 0.2) is 42.9 Å². The smallest absolute Gasteiger partial charge is 0.258 e. The molecular weight excluding hydrogens is 354 g/mol. The van der Waals surface area contributed by atoms with Gasteiger partial charge < -0.3 is 9.64 Å². The Labute approximate surface area is 164 Å². The highest BCUT2D eigenvalue weighted by Gasteiger charge is 2.18. The molecule has 2 aromatic heterocycles. The lowest BCUT2D eigenvalue weighted by molar-refractivity contribution is -0.130. The van der Waals surface area contributed by atoms with Crippen molar-refractivity contribution in [3.8, 4) is 17.1 Å². The highest BCUT2D eigenvalue weighted by atomic mass is 16.5. The summed E-state index contributed by atoms with van der Waals surface area (Å²) in [5.74, 6) is 0.720. The van der Waals surface area contributed by atoms with Crippen molar-refractivity contribution >= 4 is 11.6 Å². The van der Waals surface area contributed by atoms with Gasteiger partial charge in [0.05, 0.1) is 18.5 Å². The van der Waals surface area contributed by atoms with Crippen molar-refractivity contribution in [2.24, 2.45) is 0 Å². The number of nitrogens with zero attached hydrogens (tertiary/aromatic N) is 5. The van der Waals surface area contributed by atoms with Crippen LogP contribution in [0.1, 0.15) is 19.4 Å². The lowest BCUT2D eigenvalue weighted by Gasteiger charge is -2.34. The number of hydrogen-bond acceptors (Lipinski definition) is 5. The first-order chi connectivity index (χ1) is 13.7. The number of hydrogen-bond donors (Lipinski definition) is 0. The molecule has 0 aliphatic carbocycles. The van der Waals surface area contributed by atoms with E-state index in [0.29, 0.717) is 12.5 Å². The molecule has 0 atom stereocenters. The topological polar surface area (TPSA) is 63.0 Å². The molecule has 28 heavy (non-hydrogen) atoms. The Morgan fingerprint density at radius 3 is 2.54 bits per heavy atom. The summed E-state index contributed by atoms with van der Waals surface area (Å²) in [5, 5.41) is 0. The zero-order valence-corrected chi connectivity index (χ0v) is 16.3. The van der Waals surface area contributed by atoms with Crippen LogP contribution < -0.4 is 4.74 Å². The van der Waals surface area contributed by atoms with Gasteiger partial charge >= 0.3 is 0 Å². The summed E-state index contributed by atoms with van der Waals surface area (Å²) in [6, 6.07) is 8.59. The molecule has 4 rings (SSSR count). The van der Waals surface area contributed by atoms with Gasteiger partial charge in [-0.3, -0.25) is 14.1 Å². The van der Waals surface area contributed by atoms with Crippen LogP contribution in [0.2, 0.25) is 0 Å². The fourth-order valence-electron chi connectivity index (χ4n) is 3.61. The number of carbonyl (C=O) groups is 1. The van der Waals surface area contributed by atoms with Crippen molar-refractivity contribution in [3.63, 3.8) is 0 Å². The Kier molecular flexibility index (Phi) is 5.25. The molecule has 3 heterocycles. The largest absolute Gasteiger partial charge is 0.475 e. The summed E-state index contributed by atoms with van der Waals surface area (Å²) in [4.78, 5) is 24.5. The molecule has 0 saturated carbocycles. The van der Waals surface area contributed by atoms with Crippen LogP contribution in [0.4, 0.5) is 0 Å². The number of benzene rings is 1. The van der Waals surface area contributed by atoms with Crippen molar-refractivity contribution in [3.05, 3.63) is 48.4 Å². The minimum absolute atomic E-state index is 0.166. The number of fused-ring (bicyclic) bond motifs is 1. The summed E-state index contributed by atoms with van der Waals surface area (Å²) in [6.45, 7) is 8.50.